The Morgan fingerprint density at radius 2 is 1.84 bits per heavy atom. The van der Waals surface area contributed by atoms with Gasteiger partial charge in [-0.3, -0.25) is 9.69 Å². The highest BCUT2D eigenvalue weighted by atomic mass is 32.1. The number of nitrogens with one attached hydrogen (secondary N) is 1. The van der Waals surface area contributed by atoms with Crippen molar-refractivity contribution in [2.24, 2.45) is 0 Å². The molecule has 3 rings (SSSR count). The number of anilines is 1. The summed E-state index contributed by atoms with van der Waals surface area (Å²) in [6, 6.07) is 6.00. The predicted molar refractivity (Wildman–Crippen MR) is 125 cm³/mol. The summed E-state index contributed by atoms with van der Waals surface area (Å²) in [5.74, 6) is 1.48. The molecule has 0 bridgehead atoms. The molecule has 2 heterocycles. The first-order valence-corrected chi connectivity index (χ1v) is 11.3. The van der Waals surface area contributed by atoms with Crippen LogP contribution in [0.1, 0.15) is 19.8 Å². The molecule has 1 amide bonds. The van der Waals surface area contributed by atoms with Crippen LogP contribution in [0.2, 0.25) is 0 Å². The number of carbonyl (C=O) groups excluding carboxylic acids is 1. The van der Waals surface area contributed by atoms with Crippen molar-refractivity contribution in [1.82, 2.24) is 14.7 Å². The number of rotatable bonds is 7. The molecule has 0 aliphatic carbocycles. The molecule has 0 aromatic heterocycles. The van der Waals surface area contributed by atoms with Gasteiger partial charge in [0.05, 0.1) is 27.4 Å². The lowest BCUT2D eigenvalue weighted by atomic mass is 10.0. The van der Waals surface area contributed by atoms with E-state index in [1.165, 1.54) is 0 Å². The van der Waals surface area contributed by atoms with Gasteiger partial charge in [-0.2, -0.15) is 0 Å². The highest BCUT2D eigenvalue weighted by molar-refractivity contribution is 7.80. The lowest BCUT2D eigenvalue weighted by Crippen LogP contribution is -2.52. The third kappa shape index (κ3) is 6.44. The minimum Gasteiger partial charge on any atom is -0.493 e. The number of piperidine rings is 1. The maximum atomic E-state index is 11.7. The summed E-state index contributed by atoms with van der Waals surface area (Å²) in [7, 11) is 3.24. The molecule has 2 fully saturated rings. The van der Waals surface area contributed by atoms with E-state index in [1.54, 1.807) is 21.1 Å². The molecule has 1 aromatic rings. The molecule has 0 spiro atoms. The normalized spacial score (nSPS) is 17.8. The van der Waals surface area contributed by atoms with Crippen LogP contribution >= 0.6 is 12.2 Å². The number of morpholine rings is 1. The van der Waals surface area contributed by atoms with Gasteiger partial charge in [0.15, 0.2) is 16.6 Å². The fraction of sp³-hybridized carbons (Fsp3) is 0.636. The van der Waals surface area contributed by atoms with E-state index in [1.807, 2.05) is 23.1 Å². The zero-order chi connectivity index (χ0) is 22.2. The zero-order valence-corrected chi connectivity index (χ0v) is 19.6. The number of amides is 1. The predicted octanol–water partition coefficient (Wildman–Crippen LogP) is 2.05. The van der Waals surface area contributed by atoms with E-state index in [0.29, 0.717) is 22.7 Å². The Morgan fingerprint density at radius 3 is 2.45 bits per heavy atom. The van der Waals surface area contributed by atoms with Crippen molar-refractivity contribution in [2.75, 3.05) is 72.0 Å². The Hall–Kier alpha value is -2.10. The van der Waals surface area contributed by atoms with Crippen LogP contribution in [0.5, 0.6) is 11.5 Å². The first-order chi connectivity index (χ1) is 15.0. The van der Waals surface area contributed by atoms with Crippen molar-refractivity contribution >= 4 is 28.9 Å². The van der Waals surface area contributed by atoms with Crippen LogP contribution in [0, 0.1) is 0 Å². The number of hydrogen-bond acceptors (Lipinski definition) is 6. The van der Waals surface area contributed by atoms with Gasteiger partial charge in [0, 0.05) is 64.0 Å². The van der Waals surface area contributed by atoms with Gasteiger partial charge in [0.1, 0.15) is 0 Å². The van der Waals surface area contributed by atoms with Gasteiger partial charge in [-0.25, -0.2) is 0 Å². The van der Waals surface area contributed by atoms with Crippen LogP contribution in [0.15, 0.2) is 18.2 Å². The highest BCUT2D eigenvalue weighted by Crippen LogP contribution is 2.30. The third-order valence-electron chi connectivity index (χ3n) is 6.01. The van der Waals surface area contributed by atoms with Crippen molar-refractivity contribution < 1.29 is 19.0 Å². The molecule has 0 radical (unpaired) electrons. The molecular formula is C22H34N4O4S. The van der Waals surface area contributed by atoms with E-state index in [9.17, 15) is 4.79 Å². The number of likely N-dealkylation sites (tertiary alicyclic amines) is 1. The summed E-state index contributed by atoms with van der Waals surface area (Å²) >= 11 is 5.85. The summed E-state index contributed by atoms with van der Waals surface area (Å²) in [4.78, 5) is 18.4. The molecule has 0 saturated carbocycles. The van der Waals surface area contributed by atoms with Crippen molar-refractivity contribution in [3.05, 3.63) is 18.2 Å². The standard InChI is InChI=1S/C22H34N4O4S/c1-17(27)25-8-6-19(7-9-25)26(11-10-24-12-14-30-15-13-24)22(31)23-18-4-5-20(28-2)21(16-18)29-3/h4-5,16,19H,6-15H2,1-3H3,(H,23,31). The maximum absolute atomic E-state index is 11.7. The van der Waals surface area contributed by atoms with Gasteiger partial charge in [-0.15, -0.1) is 0 Å². The first kappa shape index (κ1) is 23.6. The molecule has 2 aliphatic heterocycles. The average molecular weight is 451 g/mol. The second kappa shape index (κ2) is 11.5. The van der Waals surface area contributed by atoms with E-state index in [-0.39, 0.29) is 5.91 Å². The van der Waals surface area contributed by atoms with Gasteiger partial charge in [0.2, 0.25) is 5.91 Å². The third-order valence-corrected chi connectivity index (χ3v) is 6.34. The summed E-state index contributed by atoms with van der Waals surface area (Å²) < 4.78 is 16.2. The molecule has 0 atom stereocenters. The van der Waals surface area contributed by atoms with Gasteiger partial charge in [-0.1, -0.05) is 0 Å². The highest BCUT2D eigenvalue weighted by Gasteiger charge is 2.28. The summed E-state index contributed by atoms with van der Waals surface area (Å²) in [5, 5.41) is 4.08. The Bertz CT molecular complexity index is 749. The largest absolute Gasteiger partial charge is 0.493 e. The van der Waals surface area contributed by atoms with E-state index in [4.69, 9.17) is 26.4 Å². The van der Waals surface area contributed by atoms with Gasteiger partial charge >= 0.3 is 0 Å². The Balaban J connectivity index is 1.68. The van der Waals surface area contributed by atoms with Crippen LogP contribution in [0.3, 0.4) is 0 Å². The minimum absolute atomic E-state index is 0.143. The Morgan fingerprint density at radius 1 is 1.16 bits per heavy atom. The molecule has 0 unspecified atom stereocenters. The number of nitrogens with zero attached hydrogens (tertiary/aromatic N) is 3. The van der Waals surface area contributed by atoms with Crippen molar-refractivity contribution in [2.45, 2.75) is 25.8 Å². The molecule has 8 nitrogen and oxygen atoms in total. The SMILES string of the molecule is COc1ccc(NC(=S)N(CCN2CCOCC2)C2CCN(C(C)=O)CC2)cc1OC. The Labute approximate surface area is 190 Å². The van der Waals surface area contributed by atoms with Crippen LogP contribution in [0.4, 0.5) is 5.69 Å². The molecule has 172 valence electrons. The first-order valence-electron chi connectivity index (χ1n) is 10.9. The molecule has 2 aliphatic rings. The van der Waals surface area contributed by atoms with Crippen LogP contribution in [-0.4, -0.2) is 98.5 Å². The van der Waals surface area contributed by atoms with Crippen molar-refractivity contribution in [1.29, 1.82) is 0 Å². The molecule has 2 saturated heterocycles. The number of ether oxygens (including phenoxy) is 3. The molecular weight excluding hydrogens is 416 g/mol. The monoisotopic (exact) mass is 450 g/mol. The second-order valence-corrected chi connectivity index (χ2v) is 8.27. The topological polar surface area (TPSA) is 66.5 Å². The average Bonchev–Trinajstić information content (AvgIpc) is 2.80. The molecule has 1 N–H and O–H groups in total. The summed E-state index contributed by atoms with van der Waals surface area (Å²) in [6.45, 7) is 8.42. The van der Waals surface area contributed by atoms with E-state index < -0.39 is 0 Å². The number of benzene rings is 1. The van der Waals surface area contributed by atoms with E-state index in [0.717, 1.165) is 71.0 Å². The van der Waals surface area contributed by atoms with Gasteiger partial charge in [0.25, 0.3) is 0 Å². The van der Waals surface area contributed by atoms with Gasteiger partial charge < -0.3 is 29.3 Å². The molecule has 9 heteroatoms. The number of methoxy groups -OCH3 is 2. The van der Waals surface area contributed by atoms with Gasteiger partial charge in [-0.05, 0) is 37.2 Å². The summed E-state index contributed by atoms with van der Waals surface area (Å²) in [5.41, 5.74) is 0.861. The van der Waals surface area contributed by atoms with Crippen molar-refractivity contribution in [3.63, 3.8) is 0 Å². The van der Waals surface area contributed by atoms with Crippen LogP contribution in [0.25, 0.3) is 0 Å². The smallest absolute Gasteiger partial charge is 0.219 e. The zero-order valence-electron chi connectivity index (χ0n) is 18.8. The van der Waals surface area contributed by atoms with Crippen LogP contribution in [-0.2, 0) is 9.53 Å². The quantitative estimate of drug-likeness (QED) is 0.634. The number of hydrogen-bond donors (Lipinski definition) is 1. The lowest BCUT2D eigenvalue weighted by molar-refractivity contribution is -0.130. The second-order valence-electron chi connectivity index (χ2n) is 7.88. The number of carbonyl (C=O) groups is 1. The van der Waals surface area contributed by atoms with Crippen LogP contribution < -0.4 is 14.8 Å². The fourth-order valence-corrected chi connectivity index (χ4v) is 4.48. The number of thiocarbonyl (C=S) groups is 1. The minimum atomic E-state index is 0.143. The van der Waals surface area contributed by atoms with Crippen molar-refractivity contribution in [3.8, 4) is 11.5 Å². The fourth-order valence-electron chi connectivity index (χ4n) is 4.13. The maximum Gasteiger partial charge on any atom is 0.219 e. The van der Waals surface area contributed by atoms with E-state index in [2.05, 4.69) is 15.1 Å². The molecule has 31 heavy (non-hydrogen) atoms. The summed E-state index contributed by atoms with van der Waals surface area (Å²) in [6.07, 6.45) is 1.83. The van der Waals surface area contributed by atoms with E-state index >= 15 is 0 Å². The Kier molecular flexibility index (Phi) is 8.74. The lowest BCUT2D eigenvalue weighted by Gasteiger charge is -2.40. The molecule has 1 aromatic carbocycles.